The predicted octanol–water partition coefficient (Wildman–Crippen LogP) is 2.58. The maximum absolute atomic E-state index is 10.9. The second kappa shape index (κ2) is 5.13. The number of hydrogen-bond acceptors (Lipinski definition) is 3. The van der Waals surface area contributed by atoms with Crippen LogP contribution < -0.4 is 0 Å². The lowest BCUT2D eigenvalue weighted by atomic mass is 10.1. The smallest absolute Gasteiger partial charge is 0.307 e. The van der Waals surface area contributed by atoms with Crippen molar-refractivity contribution in [2.75, 3.05) is 0 Å². The molecule has 1 N–H and O–H groups in total. The van der Waals surface area contributed by atoms with Crippen LogP contribution in [0.15, 0.2) is 16.7 Å². The molecule has 0 saturated heterocycles. The van der Waals surface area contributed by atoms with Gasteiger partial charge in [0.15, 0.2) is 5.82 Å². The van der Waals surface area contributed by atoms with E-state index in [9.17, 15) is 4.79 Å². The summed E-state index contributed by atoms with van der Waals surface area (Å²) in [6.45, 7) is 5.62. The van der Waals surface area contributed by atoms with Gasteiger partial charge in [-0.2, -0.15) is 5.10 Å². The highest BCUT2D eigenvalue weighted by Gasteiger charge is 2.17. The Kier molecular flexibility index (Phi) is 3.71. The van der Waals surface area contributed by atoms with Crippen molar-refractivity contribution in [3.63, 3.8) is 0 Å². The standard InChI is InChI=1S/C13H14BrN3O2/c1-7-4-11(14)13(15-6-7)17-9(3)10(5-12(18)19)8(2)16-17/h4,6H,5H2,1-3H3,(H,18,19). The maximum atomic E-state index is 10.9. The summed E-state index contributed by atoms with van der Waals surface area (Å²) in [6.07, 6.45) is 1.73. The minimum absolute atomic E-state index is 0.0266. The van der Waals surface area contributed by atoms with E-state index in [2.05, 4.69) is 26.0 Å². The summed E-state index contributed by atoms with van der Waals surface area (Å²) in [5.74, 6) is -0.190. The van der Waals surface area contributed by atoms with Crippen LogP contribution in [-0.2, 0) is 11.2 Å². The first-order valence-corrected chi connectivity index (χ1v) is 6.59. The van der Waals surface area contributed by atoms with Crippen LogP contribution in [0, 0.1) is 20.8 Å². The van der Waals surface area contributed by atoms with Crippen LogP contribution >= 0.6 is 15.9 Å². The first kappa shape index (κ1) is 13.7. The van der Waals surface area contributed by atoms with Crippen molar-refractivity contribution < 1.29 is 9.90 Å². The van der Waals surface area contributed by atoms with Crippen molar-refractivity contribution in [2.45, 2.75) is 27.2 Å². The molecule has 0 spiro atoms. The molecule has 5 nitrogen and oxygen atoms in total. The molecule has 6 heteroatoms. The minimum atomic E-state index is -0.860. The van der Waals surface area contributed by atoms with E-state index in [0.29, 0.717) is 11.5 Å². The Hall–Kier alpha value is -1.69. The first-order valence-electron chi connectivity index (χ1n) is 5.79. The minimum Gasteiger partial charge on any atom is -0.481 e. The molecule has 0 aliphatic rings. The highest BCUT2D eigenvalue weighted by molar-refractivity contribution is 9.10. The maximum Gasteiger partial charge on any atom is 0.307 e. The molecule has 2 heterocycles. The first-order chi connectivity index (χ1) is 8.90. The number of aryl methyl sites for hydroxylation is 2. The molecule has 19 heavy (non-hydrogen) atoms. The van der Waals surface area contributed by atoms with Crippen LogP contribution in [0.5, 0.6) is 0 Å². The predicted molar refractivity (Wildman–Crippen MR) is 74.6 cm³/mol. The fourth-order valence-electron chi connectivity index (χ4n) is 1.97. The Morgan fingerprint density at radius 1 is 1.42 bits per heavy atom. The van der Waals surface area contributed by atoms with Crippen LogP contribution in [0.1, 0.15) is 22.5 Å². The lowest BCUT2D eigenvalue weighted by molar-refractivity contribution is -0.136. The number of hydrogen-bond donors (Lipinski definition) is 1. The van der Waals surface area contributed by atoms with Crippen LogP contribution in [0.3, 0.4) is 0 Å². The molecule has 0 fully saturated rings. The van der Waals surface area contributed by atoms with E-state index in [4.69, 9.17) is 5.11 Å². The zero-order chi connectivity index (χ0) is 14.2. The summed E-state index contributed by atoms with van der Waals surface area (Å²) in [6, 6.07) is 1.95. The van der Waals surface area contributed by atoms with E-state index in [1.165, 1.54) is 0 Å². The summed E-state index contributed by atoms with van der Waals surface area (Å²) in [5, 5.41) is 13.3. The Morgan fingerprint density at radius 3 is 2.68 bits per heavy atom. The molecule has 0 bridgehead atoms. The van der Waals surface area contributed by atoms with Gasteiger partial charge in [0, 0.05) is 17.5 Å². The quantitative estimate of drug-likeness (QED) is 0.942. The Bertz CT molecular complexity index is 650. The molecule has 2 aromatic rings. The largest absolute Gasteiger partial charge is 0.481 e. The van der Waals surface area contributed by atoms with E-state index >= 15 is 0 Å². The average molecular weight is 324 g/mol. The molecule has 2 rings (SSSR count). The van der Waals surface area contributed by atoms with Gasteiger partial charge in [-0.05, 0) is 48.3 Å². The highest BCUT2D eigenvalue weighted by Crippen LogP contribution is 2.23. The lowest BCUT2D eigenvalue weighted by Gasteiger charge is -2.07. The molecule has 0 radical (unpaired) electrons. The topological polar surface area (TPSA) is 68.0 Å². The average Bonchev–Trinajstić information content (AvgIpc) is 2.57. The number of aliphatic carboxylic acids is 1. The van der Waals surface area contributed by atoms with E-state index in [-0.39, 0.29) is 6.42 Å². The Morgan fingerprint density at radius 2 is 2.11 bits per heavy atom. The van der Waals surface area contributed by atoms with Gasteiger partial charge in [-0.3, -0.25) is 4.79 Å². The van der Waals surface area contributed by atoms with Crippen molar-refractivity contribution >= 4 is 21.9 Å². The number of carboxylic acid groups (broad SMARTS) is 1. The number of carboxylic acids is 1. The number of nitrogens with zero attached hydrogens (tertiary/aromatic N) is 3. The van der Waals surface area contributed by atoms with Crippen LogP contribution in [-0.4, -0.2) is 25.8 Å². The van der Waals surface area contributed by atoms with E-state index in [0.717, 1.165) is 21.3 Å². The number of rotatable bonds is 3. The summed E-state index contributed by atoms with van der Waals surface area (Å²) >= 11 is 3.46. The van der Waals surface area contributed by atoms with Gasteiger partial charge >= 0.3 is 5.97 Å². The second-order valence-electron chi connectivity index (χ2n) is 4.45. The van der Waals surface area contributed by atoms with Gasteiger partial charge in [0.1, 0.15) is 0 Å². The summed E-state index contributed by atoms with van der Waals surface area (Å²) in [4.78, 5) is 15.2. The normalized spacial score (nSPS) is 10.7. The van der Waals surface area contributed by atoms with Gasteiger partial charge in [0.2, 0.25) is 0 Å². The number of carbonyl (C=O) groups is 1. The van der Waals surface area contributed by atoms with Gasteiger partial charge in [0.05, 0.1) is 16.6 Å². The molecular formula is C13H14BrN3O2. The molecule has 100 valence electrons. The number of aromatic nitrogens is 3. The third-order valence-electron chi connectivity index (χ3n) is 2.93. The van der Waals surface area contributed by atoms with Crippen molar-refractivity contribution in [1.82, 2.24) is 14.8 Å². The van der Waals surface area contributed by atoms with Gasteiger partial charge in [-0.1, -0.05) is 0 Å². The van der Waals surface area contributed by atoms with Crippen LogP contribution in [0.2, 0.25) is 0 Å². The third-order valence-corrected chi connectivity index (χ3v) is 3.51. The van der Waals surface area contributed by atoms with Gasteiger partial charge < -0.3 is 5.11 Å². The summed E-state index contributed by atoms with van der Waals surface area (Å²) < 4.78 is 2.51. The number of halogens is 1. The number of pyridine rings is 1. The van der Waals surface area contributed by atoms with Crippen LogP contribution in [0.4, 0.5) is 0 Å². The van der Waals surface area contributed by atoms with Crippen LogP contribution in [0.25, 0.3) is 5.82 Å². The fraction of sp³-hybridized carbons (Fsp3) is 0.308. The molecule has 0 unspecified atom stereocenters. The molecule has 2 aromatic heterocycles. The van der Waals surface area contributed by atoms with Gasteiger partial charge in [-0.25, -0.2) is 9.67 Å². The second-order valence-corrected chi connectivity index (χ2v) is 5.30. The fourth-order valence-corrected chi connectivity index (χ4v) is 2.60. The summed E-state index contributed by atoms with van der Waals surface area (Å²) in [5.41, 5.74) is 3.30. The molecule has 0 aliphatic heterocycles. The van der Waals surface area contributed by atoms with E-state index in [1.54, 1.807) is 10.9 Å². The molecule has 0 atom stereocenters. The lowest BCUT2D eigenvalue weighted by Crippen LogP contribution is -2.05. The highest BCUT2D eigenvalue weighted by atomic mass is 79.9. The van der Waals surface area contributed by atoms with E-state index < -0.39 is 5.97 Å². The molecule has 0 aromatic carbocycles. The van der Waals surface area contributed by atoms with Gasteiger partial charge in [-0.15, -0.1) is 0 Å². The Labute approximate surface area is 119 Å². The van der Waals surface area contributed by atoms with Crippen molar-refractivity contribution in [2.24, 2.45) is 0 Å². The molecule has 0 amide bonds. The molecule has 0 aliphatic carbocycles. The Balaban J connectivity index is 2.54. The van der Waals surface area contributed by atoms with Crippen molar-refractivity contribution in [3.8, 4) is 5.82 Å². The van der Waals surface area contributed by atoms with E-state index in [1.807, 2.05) is 26.8 Å². The SMILES string of the molecule is Cc1cnc(-n2nc(C)c(CC(=O)O)c2C)c(Br)c1. The molecule has 0 saturated carbocycles. The zero-order valence-corrected chi connectivity index (χ0v) is 12.5. The molecular weight excluding hydrogens is 310 g/mol. The monoisotopic (exact) mass is 323 g/mol. The van der Waals surface area contributed by atoms with Gasteiger partial charge in [0.25, 0.3) is 0 Å². The van der Waals surface area contributed by atoms with Crippen molar-refractivity contribution in [3.05, 3.63) is 39.3 Å². The third kappa shape index (κ3) is 2.68. The summed E-state index contributed by atoms with van der Waals surface area (Å²) in [7, 11) is 0. The van der Waals surface area contributed by atoms with Crippen molar-refractivity contribution in [1.29, 1.82) is 0 Å². The zero-order valence-electron chi connectivity index (χ0n) is 10.9.